The summed E-state index contributed by atoms with van der Waals surface area (Å²) >= 11 is 0. The van der Waals surface area contributed by atoms with Crippen LogP contribution in [0.15, 0.2) is 36.4 Å². The number of hydrogen-bond donors (Lipinski definition) is 0. The largest absolute Gasteiger partial charge is 0.493 e. The molecule has 5 nitrogen and oxygen atoms in total. The molecule has 1 atom stereocenters. The van der Waals surface area contributed by atoms with Crippen molar-refractivity contribution < 1.29 is 19.0 Å². The second-order valence-corrected chi connectivity index (χ2v) is 7.28. The van der Waals surface area contributed by atoms with Crippen LogP contribution in [-0.2, 0) is 4.79 Å². The number of nitrogens with zero attached hydrogens (tertiary/aromatic N) is 1. The first-order chi connectivity index (χ1) is 13.5. The number of methoxy groups -OCH3 is 2. The van der Waals surface area contributed by atoms with Gasteiger partial charge in [-0.2, -0.15) is 0 Å². The van der Waals surface area contributed by atoms with Crippen molar-refractivity contribution in [2.24, 2.45) is 0 Å². The highest BCUT2D eigenvalue weighted by Gasteiger charge is 2.30. The minimum absolute atomic E-state index is 0.0773. The molecule has 1 aliphatic heterocycles. The summed E-state index contributed by atoms with van der Waals surface area (Å²) in [6, 6.07) is 12.1. The number of benzene rings is 2. The number of amides is 1. The van der Waals surface area contributed by atoms with E-state index in [0.29, 0.717) is 24.5 Å². The van der Waals surface area contributed by atoms with Gasteiger partial charge in [0.05, 0.1) is 33.3 Å². The molecule has 28 heavy (non-hydrogen) atoms. The molecule has 1 amide bonds. The Labute approximate surface area is 167 Å². The lowest BCUT2D eigenvalue weighted by Gasteiger charge is -2.26. The second-order valence-electron chi connectivity index (χ2n) is 7.28. The molecule has 1 heterocycles. The molecule has 0 radical (unpaired) electrons. The third-order valence-corrected chi connectivity index (χ3v) is 5.15. The molecule has 0 aliphatic carbocycles. The van der Waals surface area contributed by atoms with Gasteiger partial charge in [-0.15, -0.1) is 0 Å². The number of rotatable bonds is 7. The Morgan fingerprint density at radius 1 is 1.04 bits per heavy atom. The maximum absolute atomic E-state index is 12.8. The highest BCUT2D eigenvalue weighted by molar-refractivity contribution is 5.77. The SMILES string of the molecule is COc1ccc([C@H]2CCCN2C(=O)CCOc2cc(C)cc(C)c2)cc1OC. The van der Waals surface area contributed by atoms with Gasteiger partial charge >= 0.3 is 0 Å². The molecule has 1 aliphatic rings. The molecule has 1 fully saturated rings. The molecule has 1 saturated heterocycles. The van der Waals surface area contributed by atoms with Gasteiger partial charge in [0.1, 0.15) is 5.75 Å². The summed E-state index contributed by atoms with van der Waals surface area (Å²) in [6.45, 7) is 5.25. The topological polar surface area (TPSA) is 48.0 Å². The molecule has 2 aromatic carbocycles. The first-order valence-electron chi connectivity index (χ1n) is 9.74. The predicted molar refractivity (Wildman–Crippen MR) is 109 cm³/mol. The molecule has 0 bridgehead atoms. The zero-order valence-corrected chi connectivity index (χ0v) is 17.2. The summed E-state index contributed by atoms with van der Waals surface area (Å²) in [6.07, 6.45) is 2.33. The van der Waals surface area contributed by atoms with Gasteiger partial charge in [0.2, 0.25) is 5.91 Å². The maximum Gasteiger partial charge on any atom is 0.226 e. The van der Waals surface area contributed by atoms with E-state index >= 15 is 0 Å². The van der Waals surface area contributed by atoms with E-state index in [9.17, 15) is 4.79 Å². The van der Waals surface area contributed by atoms with E-state index in [1.165, 1.54) is 0 Å². The van der Waals surface area contributed by atoms with Crippen molar-refractivity contribution in [1.29, 1.82) is 0 Å². The van der Waals surface area contributed by atoms with Crippen LogP contribution in [0.1, 0.15) is 42.0 Å². The lowest BCUT2D eigenvalue weighted by Crippen LogP contribution is -2.31. The Kier molecular flexibility index (Phi) is 6.45. The van der Waals surface area contributed by atoms with Crippen LogP contribution in [0.5, 0.6) is 17.2 Å². The van der Waals surface area contributed by atoms with Gasteiger partial charge in [-0.1, -0.05) is 12.1 Å². The van der Waals surface area contributed by atoms with Crippen LogP contribution in [0.4, 0.5) is 0 Å². The normalized spacial score (nSPS) is 16.1. The van der Waals surface area contributed by atoms with E-state index in [4.69, 9.17) is 14.2 Å². The molecule has 5 heteroatoms. The van der Waals surface area contributed by atoms with Gasteiger partial charge in [0, 0.05) is 6.54 Å². The number of likely N-dealkylation sites (tertiary alicyclic amines) is 1. The van der Waals surface area contributed by atoms with Gasteiger partial charge in [-0.25, -0.2) is 0 Å². The summed E-state index contributed by atoms with van der Waals surface area (Å²) in [4.78, 5) is 14.8. The fourth-order valence-corrected chi connectivity index (χ4v) is 3.89. The number of ether oxygens (including phenoxy) is 3. The molecule has 150 valence electrons. The molecule has 0 N–H and O–H groups in total. The summed E-state index contributed by atoms with van der Waals surface area (Å²) < 4.78 is 16.6. The zero-order chi connectivity index (χ0) is 20.1. The van der Waals surface area contributed by atoms with Crippen LogP contribution < -0.4 is 14.2 Å². The van der Waals surface area contributed by atoms with Gasteiger partial charge in [-0.05, 0) is 67.6 Å². The third kappa shape index (κ3) is 4.58. The van der Waals surface area contributed by atoms with E-state index < -0.39 is 0 Å². The average Bonchev–Trinajstić information content (AvgIpc) is 3.16. The number of carbonyl (C=O) groups is 1. The van der Waals surface area contributed by atoms with Crippen molar-refractivity contribution in [2.75, 3.05) is 27.4 Å². The maximum atomic E-state index is 12.8. The Morgan fingerprint density at radius 3 is 2.43 bits per heavy atom. The molecule has 0 saturated carbocycles. The monoisotopic (exact) mass is 383 g/mol. The van der Waals surface area contributed by atoms with Crippen molar-refractivity contribution in [3.05, 3.63) is 53.1 Å². The van der Waals surface area contributed by atoms with Crippen molar-refractivity contribution >= 4 is 5.91 Å². The first kappa shape index (κ1) is 20.1. The fraction of sp³-hybridized carbons (Fsp3) is 0.435. The van der Waals surface area contributed by atoms with Gasteiger partial charge in [0.15, 0.2) is 11.5 Å². The first-order valence-corrected chi connectivity index (χ1v) is 9.74. The van der Waals surface area contributed by atoms with Crippen molar-refractivity contribution in [1.82, 2.24) is 4.90 Å². The molecule has 0 aromatic heterocycles. The molecule has 2 aromatic rings. The van der Waals surface area contributed by atoms with Crippen LogP contribution in [-0.4, -0.2) is 38.2 Å². The molecule has 0 spiro atoms. The summed E-state index contributed by atoms with van der Waals surface area (Å²) in [5, 5.41) is 0. The van der Waals surface area contributed by atoms with Crippen LogP contribution in [0.3, 0.4) is 0 Å². The van der Waals surface area contributed by atoms with Crippen LogP contribution in [0.2, 0.25) is 0 Å². The van der Waals surface area contributed by atoms with Crippen molar-refractivity contribution in [3.63, 3.8) is 0 Å². The number of aryl methyl sites for hydroxylation is 2. The minimum Gasteiger partial charge on any atom is -0.493 e. The average molecular weight is 383 g/mol. The van der Waals surface area contributed by atoms with E-state index in [1.54, 1.807) is 14.2 Å². The van der Waals surface area contributed by atoms with E-state index in [2.05, 4.69) is 6.07 Å². The summed E-state index contributed by atoms with van der Waals surface area (Å²) in [5.74, 6) is 2.34. The standard InChI is InChI=1S/C23H29NO4/c1-16-12-17(2)14-19(13-16)28-11-9-23(25)24-10-5-6-20(24)18-7-8-21(26-3)22(15-18)27-4/h7-8,12-15,20H,5-6,9-11H2,1-4H3/t20-/m1/s1. The van der Waals surface area contributed by atoms with E-state index in [0.717, 1.165) is 41.8 Å². The third-order valence-electron chi connectivity index (χ3n) is 5.15. The molecule has 3 rings (SSSR count). The fourth-order valence-electron chi connectivity index (χ4n) is 3.89. The Morgan fingerprint density at radius 2 is 1.75 bits per heavy atom. The van der Waals surface area contributed by atoms with Crippen LogP contribution in [0, 0.1) is 13.8 Å². The van der Waals surface area contributed by atoms with Crippen LogP contribution in [0.25, 0.3) is 0 Å². The highest BCUT2D eigenvalue weighted by atomic mass is 16.5. The molecular formula is C23H29NO4. The van der Waals surface area contributed by atoms with Crippen molar-refractivity contribution in [2.45, 2.75) is 39.2 Å². The Bertz CT molecular complexity index is 813. The second kappa shape index (κ2) is 9.00. The van der Waals surface area contributed by atoms with E-state index in [1.807, 2.05) is 49.1 Å². The number of hydrogen-bond acceptors (Lipinski definition) is 4. The quantitative estimate of drug-likeness (QED) is 0.709. The Balaban J connectivity index is 1.63. The minimum atomic E-state index is 0.0773. The van der Waals surface area contributed by atoms with Crippen molar-refractivity contribution in [3.8, 4) is 17.2 Å². The van der Waals surface area contributed by atoms with Gasteiger partial charge < -0.3 is 19.1 Å². The van der Waals surface area contributed by atoms with Gasteiger partial charge in [0.25, 0.3) is 0 Å². The summed E-state index contributed by atoms with van der Waals surface area (Å²) in [7, 11) is 3.25. The zero-order valence-electron chi connectivity index (χ0n) is 17.2. The molecular weight excluding hydrogens is 354 g/mol. The lowest BCUT2D eigenvalue weighted by atomic mass is 10.0. The predicted octanol–water partition coefficient (Wildman–Crippen LogP) is 4.45. The smallest absolute Gasteiger partial charge is 0.226 e. The summed E-state index contributed by atoms with van der Waals surface area (Å²) in [5.41, 5.74) is 3.41. The van der Waals surface area contributed by atoms with Crippen LogP contribution >= 0.6 is 0 Å². The van der Waals surface area contributed by atoms with E-state index in [-0.39, 0.29) is 11.9 Å². The lowest BCUT2D eigenvalue weighted by molar-refractivity contribution is -0.132. The van der Waals surface area contributed by atoms with Gasteiger partial charge in [-0.3, -0.25) is 4.79 Å². The highest BCUT2D eigenvalue weighted by Crippen LogP contribution is 2.37. The molecule has 0 unspecified atom stereocenters. The Hall–Kier alpha value is -2.69. The number of carbonyl (C=O) groups excluding carboxylic acids is 1.